The van der Waals surface area contributed by atoms with Gasteiger partial charge in [0, 0.05) is 38.4 Å². The van der Waals surface area contributed by atoms with Crippen molar-refractivity contribution in [2.45, 2.75) is 38.1 Å². The Balaban J connectivity index is 0.000000319. The number of nitrogens with zero attached hydrogens (tertiary/aromatic N) is 3. The number of rotatable bonds is 7. The Kier molecular flexibility index (Phi) is 11.1. The maximum Gasteiger partial charge on any atom is 0.573 e. The molecule has 43 heavy (non-hydrogen) atoms. The summed E-state index contributed by atoms with van der Waals surface area (Å²) in [6.45, 7) is 3.60. The van der Waals surface area contributed by atoms with Crippen LogP contribution in [0.5, 0.6) is 5.75 Å². The number of anilines is 1. The van der Waals surface area contributed by atoms with E-state index in [1.54, 1.807) is 11.1 Å². The molecule has 2 aromatic carbocycles. The molecule has 9 nitrogen and oxygen atoms in total. The highest BCUT2D eigenvalue weighted by atomic mass is 19.4. The minimum absolute atomic E-state index is 0. The van der Waals surface area contributed by atoms with Crippen molar-refractivity contribution in [1.29, 1.82) is 0 Å². The van der Waals surface area contributed by atoms with Crippen LogP contribution < -0.4 is 15.8 Å². The smallest absolute Gasteiger partial charge is 0.445 e. The van der Waals surface area contributed by atoms with Crippen molar-refractivity contribution >= 4 is 30.1 Å². The van der Waals surface area contributed by atoms with E-state index in [1.165, 1.54) is 17.7 Å². The van der Waals surface area contributed by atoms with Gasteiger partial charge >= 0.3 is 12.5 Å². The third kappa shape index (κ3) is 9.81. The van der Waals surface area contributed by atoms with Crippen LogP contribution in [0.15, 0.2) is 71.9 Å². The van der Waals surface area contributed by atoms with Crippen molar-refractivity contribution in [2.24, 2.45) is 10.9 Å². The number of hydrogen-bond donors (Lipinski definition) is 2. The van der Waals surface area contributed by atoms with E-state index in [-0.39, 0.29) is 19.2 Å². The standard InChI is InChI=1S/C23H29N5O2.C8H5F3O2.H2/c24-22-21(20(8-12-26-22)19-6-10-25-11-7-19)27-14-18-9-13-28(15-18)23(29)30-16-17-4-2-1-3-5-17;9-8(10,11)13-7-3-1-6(5-12)2-4-7;/h1-5,8,12,14,18-19,25H,6-7,9-11,13,15-16H2,(H2,24,26);1-5H;1H. The molecule has 230 valence electrons. The molecule has 1 amide bonds. The van der Waals surface area contributed by atoms with Crippen LogP contribution in [0.4, 0.5) is 29.5 Å². The van der Waals surface area contributed by atoms with Gasteiger partial charge in [0.1, 0.15) is 30.1 Å². The highest BCUT2D eigenvalue weighted by molar-refractivity contribution is 5.75. The number of likely N-dealkylation sites (tertiary alicyclic amines) is 1. The summed E-state index contributed by atoms with van der Waals surface area (Å²) in [4.78, 5) is 33.2. The quantitative estimate of drug-likeness (QED) is 0.248. The Morgan fingerprint density at radius 3 is 2.49 bits per heavy atom. The van der Waals surface area contributed by atoms with Crippen molar-refractivity contribution in [3.63, 3.8) is 0 Å². The van der Waals surface area contributed by atoms with Gasteiger partial charge in [-0.25, -0.2) is 9.78 Å². The van der Waals surface area contributed by atoms with E-state index in [0.717, 1.165) is 55.7 Å². The van der Waals surface area contributed by atoms with Gasteiger partial charge in [-0.2, -0.15) is 0 Å². The van der Waals surface area contributed by atoms with E-state index in [4.69, 9.17) is 15.5 Å². The number of aromatic nitrogens is 1. The monoisotopic (exact) mass is 599 g/mol. The number of aliphatic imine (C=N–C) groups is 1. The number of nitrogens with one attached hydrogen (secondary N) is 1. The van der Waals surface area contributed by atoms with Gasteiger partial charge in [-0.3, -0.25) is 9.79 Å². The van der Waals surface area contributed by atoms with Crippen LogP contribution in [0.1, 0.15) is 48.1 Å². The average Bonchev–Trinajstić information content (AvgIpc) is 3.49. The fourth-order valence-electron chi connectivity index (χ4n) is 4.90. The summed E-state index contributed by atoms with van der Waals surface area (Å²) in [5.74, 6) is 0.781. The number of piperidine rings is 1. The maximum absolute atomic E-state index is 12.4. The van der Waals surface area contributed by atoms with Gasteiger partial charge in [0.2, 0.25) is 0 Å². The number of ether oxygens (including phenoxy) is 2. The van der Waals surface area contributed by atoms with Crippen molar-refractivity contribution in [3.05, 3.63) is 83.6 Å². The van der Waals surface area contributed by atoms with Crippen LogP contribution in [-0.4, -0.2) is 61.0 Å². The number of hydrogen-bond acceptors (Lipinski definition) is 8. The van der Waals surface area contributed by atoms with E-state index >= 15 is 0 Å². The lowest BCUT2D eigenvalue weighted by molar-refractivity contribution is -0.274. The van der Waals surface area contributed by atoms with E-state index in [9.17, 15) is 22.8 Å². The Hall–Kier alpha value is -4.45. The second-order valence-electron chi connectivity index (χ2n) is 10.2. The first-order chi connectivity index (χ1) is 20.7. The molecular formula is C31H36F3N5O4. The number of amides is 1. The molecule has 0 aliphatic carbocycles. The number of pyridine rings is 1. The zero-order chi connectivity index (χ0) is 30.7. The van der Waals surface area contributed by atoms with Gasteiger partial charge in [0.05, 0.1) is 0 Å². The number of halogens is 3. The first kappa shape index (κ1) is 31.5. The molecule has 0 bridgehead atoms. The third-order valence-corrected chi connectivity index (χ3v) is 7.12. The second-order valence-corrected chi connectivity index (χ2v) is 10.2. The summed E-state index contributed by atoms with van der Waals surface area (Å²) in [6.07, 6.45) is 2.31. The zero-order valence-electron chi connectivity index (χ0n) is 23.5. The number of nitrogen functional groups attached to an aromatic ring is 1. The van der Waals surface area contributed by atoms with E-state index in [2.05, 4.69) is 15.0 Å². The zero-order valence-corrected chi connectivity index (χ0v) is 23.5. The molecule has 3 heterocycles. The molecule has 2 saturated heterocycles. The fourth-order valence-corrected chi connectivity index (χ4v) is 4.90. The molecule has 0 radical (unpaired) electrons. The molecule has 0 spiro atoms. The Morgan fingerprint density at radius 1 is 1.09 bits per heavy atom. The maximum atomic E-state index is 12.4. The van der Waals surface area contributed by atoms with E-state index < -0.39 is 6.36 Å². The molecule has 0 saturated carbocycles. The molecule has 3 aromatic rings. The van der Waals surface area contributed by atoms with Gasteiger partial charge in [-0.1, -0.05) is 30.3 Å². The fraction of sp³-hybridized carbons (Fsp3) is 0.355. The molecule has 1 unspecified atom stereocenters. The highest BCUT2D eigenvalue weighted by Crippen LogP contribution is 2.35. The molecule has 3 N–H and O–H groups in total. The number of benzene rings is 2. The van der Waals surface area contributed by atoms with Gasteiger partial charge in [0.25, 0.3) is 0 Å². The third-order valence-electron chi connectivity index (χ3n) is 7.12. The van der Waals surface area contributed by atoms with Gasteiger partial charge in [-0.15, -0.1) is 13.2 Å². The second kappa shape index (κ2) is 15.1. The Bertz CT molecular complexity index is 1370. The normalized spacial score (nSPS) is 17.3. The summed E-state index contributed by atoms with van der Waals surface area (Å²) in [7, 11) is 0. The van der Waals surface area contributed by atoms with Crippen LogP contribution in [0, 0.1) is 5.92 Å². The number of alkyl halides is 3. The number of carbonyl (C=O) groups excluding carboxylic acids is 2. The predicted octanol–water partition coefficient (Wildman–Crippen LogP) is 6.14. The lowest BCUT2D eigenvalue weighted by Gasteiger charge is -2.24. The molecule has 2 aliphatic rings. The van der Waals surface area contributed by atoms with Crippen LogP contribution in [0.3, 0.4) is 0 Å². The first-order valence-electron chi connectivity index (χ1n) is 14.0. The lowest BCUT2D eigenvalue weighted by Crippen LogP contribution is -2.29. The highest BCUT2D eigenvalue weighted by Gasteiger charge is 2.31. The number of nitrogens with two attached hydrogens (primary N) is 1. The van der Waals surface area contributed by atoms with E-state index in [1.807, 2.05) is 42.6 Å². The molecule has 1 atom stereocenters. The minimum Gasteiger partial charge on any atom is -0.445 e. The van der Waals surface area contributed by atoms with E-state index in [0.29, 0.717) is 43.3 Å². The summed E-state index contributed by atoms with van der Waals surface area (Å²) < 4.78 is 43.9. The summed E-state index contributed by atoms with van der Waals surface area (Å²) >= 11 is 0. The predicted molar refractivity (Wildman–Crippen MR) is 159 cm³/mol. The van der Waals surface area contributed by atoms with Crippen molar-refractivity contribution < 1.29 is 33.7 Å². The molecule has 2 fully saturated rings. The van der Waals surface area contributed by atoms with Crippen LogP contribution in [0.2, 0.25) is 0 Å². The molecule has 2 aliphatic heterocycles. The summed E-state index contributed by atoms with van der Waals surface area (Å²) in [5.41, 5.74) is 9.41. The summed E-state index contributed by atoms with van der Waals surface area (Å²) in [5, 5.41) is 3.40. The van der Waals surface area contributed by atoms with Gasteiger partial charge < -0.3 is 25.4 Å². The largest absolute Gasteiger partial charge is 0.573 e. The topological polar surface area (TPSA) is 119 Å². The molecule has 5 rings (SSSR count). The average molecular weight is 600 g/mol. The number of aldehydes is 1. The SMILES string of the molecule is Nc1nccc(C2CCNCC2)c1N=CC1CCN(C(=O)OCc2ccccc2)C1.O=Cc1ccc(OC(F)(F)F)cc1.[HH]. The van der Waals surface area contributed by atoms with Crippen LogP contribution >= 0.6 is 0 Å². The molecule has 12 heteroatoms. The van der Waals surface area contributed by atoms with Crippen LogP contribution in [-0.2, 0) is 11.3 Å². The Labute approximate surface area is 249 Å². The van der Waals surface area contributed by atoms with Crippen LogP contribution in [0.25, 0.3) is 0 Å². The summed E-state index contributed by atoms with van der Waals surface area (Å²) in [6, 6.07) is 16.4. The van der Waals surface area contributed by atoms with Crippen molar-refractivity contribution in [3.8, 4) is 5.75 Å². The minimum atomic E-state index is -4.69. The number of carbonyl (C=O) groups is 2. The molecular weight excluding hydrogens is 563 g/mol. The molecule has 1 aromatic heterocycles. The van der Waals surface area contributed by atoms with Crippen molar-refractivity contribution in [2.75, 3.05) is 31.9 Å². The Morgan fingerprint density at radius 2 is 1.81 bits per heavy atom. The van der Waals surface area contributed by atoms with Gasteiger partial charge in [0.15, 0.2) is 0 Å². The van der Waals surface area contributed by atoms with Gasteiger partial charge in [-0.05, 0) is 79.7 Å². The van der Waals surface area contributed by atoms with Crippen molar-refractivity contribution in [1.82, 2.24) is 15.2 Å². The first-order valence-corrected chi connectivity index (χ1v) is 14.0. The lowest BCUT2D eigenvalue weighted by atomic mass is 9.89.